The summed E-state index contributed by atoms with van der Waals surface area (Å²) >= 11 is 0. The Morgan fingerprint density at radius 3 is 3.07 bits per heavy atom. The molecule has 1 N–H and O–H groups in total. The van der Waals surface area contributed by atoms with Crippen molar-refractivity contribution in [3.8, 4) is 28.6 Å². The van der Waals surface area contributed by atoms with Gasteiger partial charge in [0, 0.05) is 22.7 Å². The van der Waals surface area contributed by atoms with Crippen molar-refractivity contribution in [2.24, 2.45) is 0 Å². The van der Waals surface area contributed by atoms with Gasteiger partial charge in [-0.25, -0.2) is 4.85 Å². The number of nitrogens with zero attached hydrogens (tertiary/aromatic N) is 3. The number of nitrogens with one attached hydrogen (secondary N) is 1. The normalized spacial score (nSPS) is 20.2. The van der Waals surface area contributed by atoms with Gasteiger partial charge in [-0.1, -0.05) is 30.3 Å². The van der Waals surface area contributed by atoms with Gasteiger partial charge in [0.25, 0.3) is 5.89 Å². The predicted octanol–water partition coefficient (Wildman–Crippen LogP) is 5.73. The highest BCUT2D eigenvalue weighted by Gasteiger charge is 2.26. The van der Waals surface area contributed by atoms with E-state index in [0.717, 1.165) is 0 Å². The van der Waals surface area contributed by atoms with Crippen LogP contribution >= 0.6 is 0 Å². The second-order valence-electron chi connectivity index (χ2n) is 7.09. The minimum atomic E-state index is -1.71. The molecule has 0 unspecified atom stereocenters. The average molecular weight is 408 g/mol. The van der Waals surface area contributed by atoms with E-state index in [-0.39, 0.29) is 36.0 Å². The molecule has 154 valence electrons. The first-order valence-electron chi connectivity index (χ1n) is 12.3. The van der Waals surface area contributed by atoms with Crippen LogP contribution in [0.15, 0.2) is 40.9 Å². The first-order valence-corrected chi connectivity index (χ1v) is 9.78. The van der Waals surface area contributed by atoms with E-state index in [1.54, 1.807) is 57.2 Å². The minimum absolute atomic E-state index is 0.0800. The topological polar surface area (TPSA) is 64.5 Å². The Kier molecular flexibility index (Phi) is 4.27. The Balaban J connectivity index is 1.68. The first-order chi connectivity index (χ1) is 16.3. The monoisotopic (exact) mass is 407 g/mol. The summed E-state index contributed by atoms with van der Waals surface area (Å²) in [6, 6.07) is 9.37. The molecule has 0 fully saturated rings. The molecule has 0 aliphatic heterocycles. The molecule has 1 atom stereocenters. The van der Waals surface area contributed by atoms with Gasteiger partial charge < -0.3 is 14.6 Å². The molecule has 0 spiro atoms. The Morgan fingerprint density at radius 1 is 1.43 bits per heavy atom. The van der Waals surface area contributed by atoms with E-state index in [2.05, 4.69) is 20.3 Å². The van der Waals surface area contributed by atoms with Crippen LogP contribution in [-0.4, -0.2) is 22.7 Å². The Hall–Kier alpha value is -3.17. The molecule has 3 aromatic rings. The lowest BCUT2D eigenvalue weighted by Crippen LogP contribution is -2.19. The van der Waals surface area contributed by atoms with E-state index in [1.165, 1.54) is 0 Å². The van der Waals surface area contributed by atoms with Crippen LogP contribution < -0.4 is 10.1 Å². The maximum absolute atomic E-state index is 8.53. The van der Waals surface area contributed by atoms with Crippen molar-refractivity contribution >= 4 is 5.69 Å². The molecule has 1 aliphatic carbocycles. The van der Waals surface area contributed by atoms with Crippen molar-refractivity contribution in [2.75, 3.05) is 6.50 Å². The van der Waals surface area contributed by atoms with Crippen LogP contribution in [0.4, 0.5) is 5.69 Å². The third kappa shape index (κ3) is 3.94. The van der Waals surface area contributed by atoms with E-state index in [4.69, 9.17) is 22.7 Å². The second-order valence-corrected chi connectivity index (χ2v) is 7.09. The van der Waals surface area contributed by atoms with Crippen LogP contribution in [0.2, 0.25) is 0 Å². The van der Waals surface area contributed by atoms with Crippen LogP contribution in [0, 0.1) is 6.57 Å². The summed E-state index contributed by atoms with van der Waals surface area (Å²) in [6.45, 7) is 10.6. The largest absolute Gasteiger partial charge is 0.502 e. The van der Waals surface area contributed by atoms with Gasteiger partial charge in [0.15, 0.2) is 0 Å². The van der Waals surface area contributed by atoms with Crippen molar-refractivity contribution in [2.45, 2.75) is 52.1 Å². The molecule has 30 heavy (non-hydrogen) atoms. The van der Waals surface area contributed by atoms with Crippen molar-refractivity contribution in [1.82, 2.24) is 15.5 Å². The SMILES string of the molecule is [2H]C([2H])(CC)N[C@@H]1c2cccc(-c3noc(-c4ccc(OC([2H])(C)C)c([N+]#[C-])c4)n3)c2CC1([2H])[2H]. The number of ether oxygens (including phenoxy) is 1. The fourth-order valence-corrected chi connectivity index (χ4v) is 3.42. The highest BCUT2D eigenvalue weighted by Crippen LogP contribution is 2.38. The van der Waals surface area contributed by atoms with E-state index in [0.29, 0.717) is 22.3 Å². The molecule has 0 amide bonds. The number of hydrogen-bond acceptors (Lipinski definition) is 5. The fourth-order valence-electron chi connectivity index (χ4n) is 3.42. The van der Waals surface area contributed by atoms with Gasteiger partial charge in [0.1, 0.15) is 5.75 Å². The lowest BCUT2D eigenvalue weighted by molar-refractivity contribution is 0.244. The number of hydrogen-bond donors (Lipinski definition) is 1. The molecule has 2 aromatic carbocycles. The molecule has 6 heteroatoms. The maximum atomic E-state index is 8.53. The molecular weight excluding hydrogens is 376 g/mol. The van der Waals surface area contributed by atoms with Gasteiger partial charge >= 0.3 is 0 Å². The summed E-state index contributed by atoms with van der Waals surface area (Å²) in [5.41, 5.74) is 2.73. The number of benzene rings is 2. The van der Waals surface area contributed by atoms with E-state index in [1.807, 2.05) is 0 Å². The molecule has 0 radical (unpaired) electrons. The van der Waals surface area contributed by atoms with Crippen LogP contribution in [0.3, 0.4) is 0 Å². The zero-order valence-corrected chi connectivity index (χ0v) is 17.1. The Labute approximate surface area is 184 Å². The molecule has 6 nitrogen and oxygen atoms in total. The van der Waals surface area contributed by atoms with Crippen LogP contribution in [0.5, 0.6) is 5.75 Å². The molecule has 0 saturated carbocycles. The third-order valence-electron chi connectivity index (χ3n) is 4.74. The predicted molar refractivity (Wildman–Crippen MR) is 117 cm³/mol. The minimum Gasteiger partial charge on any atom is -0.502 e. The number of fused-ring (bicyclic) bond motifs is 1. The maximum Gasteiger partial charge on any atom is 0.256 e. The lowest BCUT2D eigenvalue weighted by Gasteiger charge is -2.13. The van der Waals surface area contributed by atoms with Gasteiger partial charge in [-0.2, -0.15) is 4.98 Å². The van der Waals surface area contributed by atoms with Crippen molar-refractivity contribution < 1.29 is 16.1 Å². The van der Waals surface area contributed by atoms with Crippen molar-refractivity contribution in [1.29, 1.82) is 0 Å². The molecule has 0 bridgehead atoms. The van der Waals surface area contributed by atoms with Gasteiger partial charge in [0.05, 0.1) is 14.0 Å². The van der Waals surface area contributed by atoms with Gasteiger partial charge in [-0.15, -0.1) is 0 Å². The highest BCUT2D eigenvalue weighted by molar-refractivity contribution is 5.70. The molecule has 1 aliphatic rings. The molecule has 1 aromatic heterocycles. The van der Waals surface area contributed by atoms with E-state index < -0.39 is 25.0 Å². The van der Waals surface area contributed by atoms with Gasteiger partial charge in [0.2, 0.25) is 11.5 Å². The van der Waals surface area contributed by atoms with Crippen LogP contribution in [0.25, 0.3) is 27.7 Å². The summed E-state index contributed by atoms with van der Waals surface area (Å²) in [6.07, 6.45) is -2.60. The Morgan fingerprint density at radius 2 is 2.30 bits per heavy atom. The molecular formula is C24H26N4O2. The second kappa shape index (κ2) is 8.68. The van der Waals surface area contributed by atoms with E-state index in [9.17, 15) is 0 Å². The first kappa shape index (κ1) is 14.8. The molecule has 4 rings (SSSR count). The summed E-state index contributed by atoms with van der Waals surface area (Å²) in [5, 5.41) is 6.94. The summed E-state index contributed by atoms with van der Waals surface area (Å²) < 4.78 is 52.1. The smallest absolute Gasteiger partial charge is 0.256 e. The standard InChI is InChI=1S/C24H26N4O2/c1-5-13-26-20-11-10-17-18(20)7-6-8-19(17)23-27-24(30-28-23)16-9-12-22(29-15(2)3)21(14-16)25-4/h6-9,12,14-15,20,26H,5,10-11,13H2,1-3H3/t20-/m0/s1/i11D2,13D2,15D. The Bertz CT molecular complexity index is 1290. The summed E-state index contributed by atoms with van der Waals surface area (Å²) in [5.74, 6) is 0.762. The number of aromatic nitrogens is 2. The summed E-state index contributed by atoms with van der Waals surface area (Å²) in [7, 11) is 0. The van der Waals surface area contributed by atoms with Crippen molar-refractivity contribution in [3.05, 3.63) is 58.9 Å². The number of rotatable bonds is 7. The van der Waals surface area contributed by atoms with Crippen LogP contribution in [-0.2, 0) is 6.42 Å². The lowest BCUT2D eigenvalue weighted by atomic mass is 10.0. The fraction of sp³-hybridized carbons (Fsp3) is 0.375. The molecule has 0 saturated heterocycles. The van der Waals surface area contributed by atoms with E-state index >= 15 is 0 Å². The van der Waals surface area contributed by atoms with Crippen molar-refractivity contribution in [3.63, 3.8) is 0 Å². The summed E-state index contributed by atoms with van der Waals surface area (Å²) in [4.78, 5) is 7.98. The zero-order chi connectivity index (χ0) is 25.6. The average Bonchev–Trinajstić information content (AvgIpc) is 3.35. The quantitative estimate of drug-likeness (QED) is 0.507. The molecule has 1 heterocycles. The van der Waals surface area contributed by atoms with Gasteiger partial charge in [-0.05, 0) is 68.9 Å². The highest BCUT2D eigenvalue weighted by atomic mass is 16.5. The third-order valence-corrected chi connectivity index (χ3v) is 4.74. The van der Waals surface area contributed by atoms with Gasteiger partial charge in [-0.3, -0.25) is 0 Å². The zero-order valence-electron chi connectivity index (χ0n) is 22.1. The van der Waals surface area contributed by atoms with Crippen LogP contribution in [0.1, 0.15) is 57.6 Å².